The van der Waals surface area contributed by atoms with E-state index >= 15 is 0 Å². The van der Waals surface area contributed by atoms with Crippen molar-refractivity contribution in [3.8, 4) is 11.5 Å². The molecule has 0 radical (unpaired) electrons. The Labute approximate surface area is 135 Å². The lowest BCUT2D eigenvalue weighted by Gasteiger charge is -2.25. The lowest BCUT2D eigenvalue weighted by Crippen LogP contribution is -2.23. The third kappa shape index (κ3) is 3.90. The van der Waals surface area contributed by atoms with Crippen LogP contribution in [0.1, 0.15) is 11.3 Å². The van der Waals surface area contributed by atoms with E-state index in [-0.39, 0.29) is 6.61 Å². The van der Waals surface area contributed by atoms with Gasteiger partial charge in [-0.2, -0.15) is 5.10 Å². The third-order valence-corrected chi connectivity index (χ3v) is 3.89. The van der Waals surface area contributed by atoms with Gasteiger partial charge in [0, 0.05) is 18.5 Å². The van der Waals surface area contributed by atoms with E-state index in [0.717, 1.165) is 30.0 Å². The van der Waals surface area contributed by atoms with Gasteiger partial charge in [-0.3, -0.25) is 0 Å². The summed E-state index contributed by atoms with van der Waals surface area (Å²) in [4.78, 5) is 0. The highest BCUT2D eigenvalue weighted by atomic mass is 16.5. The summed E-state index contributed by atoms with van der Waals surface area (Å²) < 4.78 is 11.1. The summed E-state index contributed by atoms with van der Waals surface area (Å²) in [5.74, 6) is 2.80. The van der Waals surface area contributed by atoms with Crippen LogP contribution in [0.15, 0.2) is 30.3 Å². The second-order valence-electron chi connectivity index (χ2n) is 5.62. The van der Waals surface area contributed by atoms with Crippen LogP contribution >= 0.6 is 0 Å². The number of ether oxygens (including phenoxy) is 2. The number of methoxy groups -OCH3 is 1. The van der Waals surface area contributed by atoms with E-state index in [1.165, 1.54) is 5.56 Å². The van der Waals surface area contributed by atoms with Crippen LogP contribution in [0.2, 0.25) is 0 Å². The molecular formula is C17H21N3O3. The molecule has 2 N–H and O–H groups in total. The lowest BCUT2D eigenvalue weighted by atomic mass is 9.92. The number of nitrogens with one attached hydrogen (secondary N) is 1. The van der Waals surface area contributed by atoms with Crippen molar-refractivity contribution < 1.29 is 14.6 Å². The Kier molecular flexibility index (Phi) is 4.92. The number of hydrogen-bond donors (Lipinski definition) is 2. The molecule has 1 atom stereocenters. The summed E-state index contributed by atoms with van der Waals surface area (Å²) in [6.07, 6.45) is 1.80. The van der Waals surface area contributed by atoms with E-state index in [1.54, 1.807) is 7.11 Å². The van der Waals surface area contributed by atoms with Gasteiger partial charge in [0.05, 0.1) is 26.0 Å². The second-order valence-corrected chi connectivity index (χ2v) is 5.62. The average molecular weight is 315 g/mol. The molecule has 0 bridgehead atoms. The summed E-state index contributed by atoms with van der Waals surface area (Å²) in [6.45, 7) is 1.23. The minimum absolute atomic E-state index is 0.0764. The largest absolute Gasteiger partial charge is 0.497 e. The lowest BCUT2D eigenvalue weighted by molar-refractivity contribution is 0.219. The van der Waals surface area contributed by atoms with Gasteiger partial charge in [0.2, 0.25) is 0 Å². The molecule has 0 spiro atoms. The number of benzene rings is 1. The molecule has 0 fully saturated rings. The first-order valence-corrected chi connectivity index (χ1v) is 7.75. The van der Waals surface area contributed by atoms with E-state index in [1.807, 2.05) is 24.3 Å². The van der Waals surface area contributed by atoms with Crippen molar-refractivity contribution in [1.29, 1.82) is 0 Å². The standard InChI is InChI=1S/C17H21N3O3/c1-22-15-4-2-13-8-12(11-23-16(13)10-15)9-14-3-5-17(20-19-14)18-6-7-21/h2-5,10,12,21H,6-9,11H2,1H3,(H,18,20)/t12-/m0/s1. The van der Waals surface area contributed by atoms with E-state index in [9.17, 15) is 0 Å². The number of fused-ring (bicyclic) bond motifs is 1. The Balaban J connectivity index is 1.60. The molecule has 3 rings (SSSR count). The molecule has 1 aromatic heterocycles. The van der Waals surface area contributed by atoms with Crippen molar-refractivity contribution in [1.82, 2.24) is 10.2 Å². The molecular weight excluding hydrogens is 294 g/mol. The number of aliphatic hydroxyl groups excluding tert-OH is 1. The third-order valence-electron chi connectivity index (χ3n) is 3.89. The quantitative estimate of drug-likeness (QED) is 0.845. The fraction of sp³-hybridized carbons (Fsp3) is 0.412. The maximum absolute atomic E-state index is 8.78. The molecule has 2 heterocycles. The fourth-order valence-corrected chi connectivity index (χ4v) is 2.72. The normalized spacial score (nSPS) is 16.3. The Hall–Kier alpha value is -2.34. The van der Waals surface area contributed by atoms with Crippen molar-refractivity contribution >= 4 is 5.82 Å². The van der Waals surface area contributed by atoms with Crippen molar-refractivity contribution in [2.24, 2.45) is 5.92 Å². The molecule has 0 saturated heterocycles. The molecule has 1 aliphatic heterocycles. The van der Waals surface area contributed by atoms with Crippen molar-refractivity contribution in [3.63, 3.8) is 0 Å². The first kappa shape index (κ1) is 15.6. The van der Waals surface area contributed by atoms with Crippen LogP contribution < -0.4 is 14.8 Å². The number of anilines is 1. The van der Waals surface area contributed by atoms with Crippen molar-refractivity contribution in [2.45, 2.75) is 12.8 Å². The summed E-state index contributed by atoms with van der Waals surface area (Å²) >= 11 is 0. The molecule has 0 saturated carbocycles. The van der Waals surface area contributed by atoms with Crippen LogP contribution in [0, 0.1) is 5.92 Å². The van der Waals surface area contributed by atoms with E-state index in [2.05, 4.69) is 21.6 Å². The molecule has 6 heteroatoms. The number of hydrogen-bond acceptors (Lipinski definition) is 6. The van der Waals surface area contributed by atoms with Crippen LogP contribution in [0.4, 0.5) is 5.82 Å². The molecule has 0 aliphatic carbocycles. The highest BCUT2D eigenvalue weighted by molar-refractivity contribution is 5.42. The zero-order valence-corrected chi connectivity index (χ0v) is 13.2. The summed E-state index contributed by atoms with van der Waals surface area (Å²) in [6, 6.07) is 9.82. The predicted octanol–water partition coefficient (Wildman–Crippen LogP) is 1.68. The first-order valence-electron chi connectivity index (χ1n) is 7.75. The smallest absolute Gasteiger partial charge is 0.148 e. The van der Waals surface area contributed by atoms with Gasteiger partial charge in [-0.05, 0) is 36.6 Å². The maximum atomic E-state index is 8.78. The minimum Gasteiger partial charge on any atom is -0.497 e. The van der Waals surface area contributed by atoms with Gasteiger partial charge in [0.25, 0.3) is 0 Å². The van der Waals surface area contributed by atoms with Gasteiger partial charge < -0.3 is 19.9 Å². The number of nitrogens with zero attached hydrogens (tertiary/aromatic N) is 2. The first-order chi connectivity index (χ1) is 11.3. The highest BCUT2D eigenvalue weighted by Crippen LogP contribution is 2.31. The summed E-state index contributed by atoms with van der Waals surface area (Å²) in [5.41, 5.74) is 2.15. The maximum Gasteiger partial charge on any atom is 0.148 e. The molecule has 1 aromatic carbocycles. The van der Waals surface area contributed by atoms with Crippen LogP contribution in [0.5, 0.6) is 11.5 Å². The second kappa shape index (κ2) is 7.28. The zero-order chi connectivity index (χ0) is 16.1. The number of aliphatic hydroxyl groups is 1. The molecule has 2 aromatic rings. The van der Waals surface area contributed by atoms with Crippen molar-refractivity contribution in [3.05, 3.63) is 41.6 Å². The van der Waals surface area contributed by atoms with Gasteiger partial charge in [0.1, 0.15) is 17.3 Å². The Morgan fingerprint density at radius 1 is 1.30 bits per heavy atom. The Morgan fingerprint density at radius 2 is 2.22 bits per heavy atom. The van der Waals surface area contributed by atoms with Crippen LogP contribution in [-0.2, 0) is 12.8 Å². The van der Waals surface area contributed by atoms with E-state index in [0.29, 0.717) is 24.9 Å². The van der Waals surface area contributed by atoms with Crippen molar-refractivity contribution in [2.75, 3.05) is 32.2 Å². The van der Waals surface area contributed by atoms with Gasteiger partial charge in [-0.25, -0.2) is 0 Å². The Bertz CT molecular complexity index is 646. The van der Waals surface area contributed by atoms with Gasteiger partial charge in [0.15, 0.2) is 0 Å². The number of aromatic nitrogens is 2. The van der Waals surface area contributed by atoms with E-state index < -0.39 is 0 Å². The molecule has 0 unspecified atom stereocenters. The molecule has 6 nitrogen and oxygen atoms in total. The van der Waals surface area contributed by atoms with Gasteiger partial charge in [-0.1, -0.05) is 6.07 Å². The topological polar surface area (TPSA) is 76.5 Å². The summed E-state index contributed by atoms with van der Waals surface area (Å²) in [7, 11) is 1.66. The van der Waals surface area contributed by atoms with Crippen LogP contribution in [0.25, 0.3) is 0 Å². The van der Waals surface area contributed by atoms with E-state index in [4.69, 9.17) is 14.6 Å². The SMILES string of the molecule is COc1ccc2c(c1)OC[C@H](Cc1ccc(NCCO)nn1)C2. The zero-order valence-electron chi connectivity index (χ0n) is 13.2. The van der Waals surface area contributed by atoms with Gasteiger partial charge in [-0.15, -0.1) is 5.10 Å². The average Bonchev–Trinajstić information content (AvgIpc) is 2.60. The molecule has 23 heavy (non-hydrogen) atoms. The molecule has 0 amide bonds. The molecule has 122 valence electrons. The summed E-state index contributed by atoms with van der Waals surface area (Å²) in [5, 5.41) is 20.1. The Morgan fingerprint density at radius 3 is 2.96 bits per heavy atom. The van der Waals surface area contributed by atoms with Crippen LogP contribution in [0.3, 0.4) is 0 Å². The molecule has 1 aliphatic rings. The predicted molar refractivity (Wildman–Crippen MR) is 87.0 cm³/mol. The van der Waals surface area contributed by atoms with Gasteiger partial charge >= 0.3 is 0 Å². The fourth-order valence-electron chi connectivity index (χ4n) is 2.72. The monoisotopic (exact) mass is 315 g/mol. The minimum atomic E-state index is 0.0764. The van der Waals surface area contributed by atoms with Crippen LogP contribution in [-0.4, -0.2) is 42.2 Å². The highest BCUT2D eigenvalue weighted by Gasteiger charge is 2.21. The number of rotatable bonds is 6.